The van der Waals surface area contributed by atoms with Gasteiger partial charge in [-0.2, -0.15) is 4.98 Å². The summed E-state index contributed by atoms with van der Waals surface area (Å²) in [7, 11) is 0. The van der Waals surface area contributed by atoms with Crippen LogP contribution >= 0.6 is 11.6 Å². The molecule has 1 aromatic rings. The predicted octanol–water partition coefficient (Wildman–Crippen LogP) is 0.667. The first kappa shape index (κ1) is 10.6. The van der Waals surface area contributed by atoms with Gasteiger partial charge in [-0.25, -0.2) is 9.97 Å². The lowest BCUT2D eigenvalue weighted by atomic mass is 10.3. The van der Waals surface area contributed by atoms with Gasteiger partial charge in [0.25, 0.3) is 0 Å². The third kappa shape index (κ3) is 2.54. The van der Waals surface area contributed by atoms with Crippen molar-refractivity contribution in [2.75, 3.05) is 37.6 Å². The topological polar surface area (TPSA) is 45.2 Å². The van der Waals surface area contributed by atoms with Crippen molar-refractivity contribution in [3.05, 3.63) is 11.6 Å². The summed E-state index contributed by atoms with van der Waals surface area (Å²) in [6, 6.07) is 0. The number of likely N-dealkylation sites (N-methyl/N-ethyl adjacent to an activating group) is 1. The summed E-state index contributed by atoms with van der Waals surface area (Å²) < 4.78 is 0. The Hall–Kier alpha value is -0.940. The summed E-state index contributed by atoms with van der Waals surface area (Å²) in [6.07, 6.45) is 1.46. The maximum Gasteiger partial charge on any atom is 0.229 e. The molecule has 82 valence electrons. The molecule has 0 atom stereocenters. The second kappa shape index (κ2) is 4.72. The van der Waals surface area contributed by atoms with E-state index in [0.717, 1.165) is 32.7 Å². The summed E-state index contributed by atoms with van der Waals surface area (Å²) in [4.78, 5) is 16.5. The Morgan fingerprint density at radius 2 is 2.00 bits per heavy atom. The van der Waals surface area contributed by atoms with Gasteiger partial charge in [0.1, 0.15) is 6.33 Å². The zero-order valence-corrected chi connectivity index (χ0v) is 9.48. The molecule has 0 bridgehead atoms. The quantitative estimate of drug-likeness (QED) is 0.743. The van der Waals surface area contributed by atoms with E-state index >= 15 is 0 Å². The number of piperazine rings is 1. The van der Waals surface area contributed by atoms with Crippen molar-refractivity contribution in [2.24, 2.45) is 0 Å². The highest BCUT2D eigenvalue weighted by Gasteiger charge is 2.17. The standard InChI is InChI=1S/C9H14ClN5/c1-2-14-3-5-15(6-4-14)9-12-7-11-8(10)13-9/h7H,2-6H2,1H3. The van der Waals surface area contributed by atoms with E-state index in [1.807, 2.05) is 0 Å². The van der Waals surface area contributed by atoms with Gasteiger partial charge in [-0.15, -0.1) is 0 Å². The van der Waals surface area contributed by atoms with Gasteiger partial charge in [0, 0.05) is 26.2 Å². The van der Waals surface area contributed by atoms with Crippen molar-refractivity contribution in [1.29, 1.82) is 0 Å². The van der Waals surface area contributed by atoms with E-state index in [1.54, 1.807) is 0 Å². The molecule has 0 unspecified atom stereocenters. The molecule has 2 heterocycles. The highest BCUT2D eigenvalue weighted by molar-refractivity contribution is 6.28. The first-order chi connectivity index (χ1) is 7.29. The number of hydrogen-bond acceptors (Lipinski definition) is 5. The number of anilines is 1. The highest BCUT2D eigenvalue weighted by Crippen LogP contribution is 2.11. The molecule has 6 heteroatoms. The third-order valence-electron chi connectivity index (χ3n) is 2.63. The van der Waals surface area contributed by atoms with Gasteiger partial charge in [-0.05, 0) is 18.1 Å². The Balaban J connectivity index is 2.01. The number of rotatable bonds is 2. The lowest BCUT2D eigenvalue weighted by molar-refractivity contribution is 0.270. The molecule has 1 fully saturated rings. The van der Waals surface area contributed by atoms with Gasteiger partial charge in [-0.3, -0.25) is 0 Å². The van der Waals surface area contributed by atoms with Crippen LogP contribution in [0.2, 0.25) is 5.28 Å². The van der Waals surface area contributed by atoms with E-state index in [-0.39, 0.29) is 5.28 Å². The van der Waals surface area contributed by atoms with Crippen LogP contribution in [0.5, 0.6) is 0 Å². The summed E-state index contributed by atoms with van der Waals surface area (Å²) in [6.45, 7) is 7.29. The minimum Gasteiger partial charge on any atom is -0.338 e. The third-order valence-corrected chi connectivity index (χ3v) is 2.81. The smallest absolute Gasteiger partial charge is 0.229 e. The Bertz CT molecular complexity index is 324. The Labute approximate surface area is 94.1 Å². The van der Waals surface area contributed by atoms with Crippen molar-refractivity contribution >= 4 is 17.5 Å². The largest absolute Gasteiger partial charge is 0.338 e. The average molecular weight is 228 g/mol. The molecule has 15 heavy (non-hydrogen) atoms. The monoisotopic (exact) mass is 227 g/mol. The van der Waals surface area contributed by atoms with Gasteiger partial charge in [0.2, 0.25) is 11.2 Å². The molecule has 1 aliphatic heterocycles. The number of aromatic nitrogens is 3. The van der Waals surface area contributed by atoms with Crippen molar-refractivity contribution in [1.82, 2.24) is 19.9 Å². The number of halogens is 1. The molecule has 5 nitrogen and oxygen atoms in total. The van der Waals surface area contributed by atoms with E-state index in [0.29, 0.717) is 5.95 Å². The molecule has 2 rings (SSSR count). The zero-order chi connectivity index (χ0) is 10.7. The molecule has 0 spiro atoms. The normalized spacial score (nSPS) is 18.1. The average Bonchev–Trinajstić information content (AvgIpc) is 2.29. The molecular weight excluding hydrogens is 214 g/mol. The minimum atomic E-state index is 0.262. The Kier molecular flexibility index (Phi) is 3.33. The summed E-state index contributed by atoms with van der Waals surface area (Å²) in [5, 5.41) is 0.262. The maximum absolute atomic E-state index is 5.72. The summed E-state index contributed by atoms with van der Waals surface area (Å²) in [5.41, 5.74) is 0. The fourth-order valence-corrected chi connectivity index (χ4v) is 1.80. The highest BCUT2D eigenvalue weighted by atomic mass is 35.5. The van der Waals surface area contributed by atoms with Gasteiger partial charge < -0.3 is 9.80 Å². The minimum absolute atomic E-state index is 0.262. The van der Waals surface area contributed by atoms with E-state index in [2.05, 4.69) is 31.7 Å². The first-order valence-electron chi connectivity index (χ1n) is 5.11. The van der Waals surface area contributed by atoms with Gasteiger partial charge >= 0.3 is 0 Å². The lowest BCUT2D eigenvalue weighted by Gasteiger charge is -2.33. The SMILES string of the molecule is CCN1CCN(c2ncnc(Cl)n2)CC1. The number of nitrogens with zero attached hydrogens (tertiary/aromatic N) is 5. The lowest BCUT2D eigenvalue weighted by Crippen LogP contribution is -2.46. The Morgan fingerprint density at radius 3 is 2.60 bits per heavy atom. The first-order valence-corrected chi connectivity index (χ1v) is 5.49. The fourth-order valence-electron chi connectivity index (χ4n) is 1.68. The molecule has 1 aliphatic rings. The molecule has 0 N–H and O–H groups in total. The van der Waals surface area contributed by atoms with Gasteiger partial charge in [0.05, 0.1) is 0 Å². The Morgan fingerprint density at radius 1 is 1.27 bits per heavy atom. The van der Waals surface area contributed by atoms with Crippen LogP contribution in [0.3, 0.4) is 0 Å². The second-order valence-electron chi connectivity index (χ2n) is 3.48. The summed E-state index contributed by atoms with van der Waals surface area (Å²) >= 11 is 5.72. The van der Waals surface area contributed by atoms with Crippen LogP contribution in [0.4, 0.5) is 5.95 Å². The van der Waals surface area contributed by atoms with Crippen LogP contribution in [0.15, 0.2) is 6.33 Å². The molecule has 0 amide bonds. The van der Waals surface area contributed by atoms with Gasteiger partial charge in [0.15, 0.2) is 0 Å². The van der Waals surface area contributed by atoms with E-state index in [4.69, 9.17) is 11.6 Å². The van der Waals surface area contributed by atoms with E-state index in [1.165, 1.54) is 6.33 Å². The van der Waals surface area contributed by atoms with Crippen molar-refractivity contribution in [3.63, 3.8) is 0 Å². The van der Waals surface area contributed by atoms with Crippen LogP contribution in [0, 0.1) is 0 Å². The van der Waals surface area contributed by atoms with Crippen molar-refractivity contribution in [3.8, 4) is 0 Å². The molecule has 0 radical (unpaired) electrons. The molecule has 1 aromatic heterocycles. The van der Waals surface area contributed by atoms with Crippen LogP contribution in [-0.2, 0) is 0 Å². The number of hydrogen-bond donors (Lipinski definition) is 0. The fraction of sp³-hybridized carbons (Fsp3) is 0.667. The molecule has 0 aromatic carbocycles. The molecule has 0 saturated carbocycles. The van der Waals surface area contributed by atoms with E-state index < -0.39 is 0 Å². The van der Waals surface area contributed by atoms with Crippen LogP contribution < -0.4 is 4.90 Å². The van der Waals surface area contributed by atoms with E-state index in [9.17, 15) is 0 Å². The van der Waals surface area contributed by atoms with Crippen LogP contribution in [0.1, 0.15) is 6.92 Å². The molecule has 0 aliphatic carbocycles. The summed E-state index contributed by atoms with van der Waals surface area (Å²) in [5.74, 6) is 0.686. The predicted molar refractivity (Wildman–Crippen MR) is 59.2 cm³/mol. The zero-order valence-electron chi connectivity index (χ0n) is 8.73. The second-order valence-corrected chi connectivity index (χ2v) is 3.81. The maximum atomic E-state index is 5.72. The van der Waals surface area contributed by atoms with Crippen molar-refractivity contribution in [2.45, 2.75) is 6.92 Å². The van der Waals surface area contributed by atoms with Crippen LogP contribution in [-0.4, -0.2) is 52.6 Å². The van der Waals surface area contributed by atoms with Crippen LogP contribution in [0.25, 0.3) is 0 Å². The molecular formula is C9H14ClN5. The molecule has 1 saturated heterocycles. The van der Waals surface area contributed by atoms with Gasteiger partial charge in [-0.1, -0.05) is 6.92 Å². The van der Waals surface area contributed by atoms with Crippen molar-refractivity contribution < 1.29 is 0 Å².